The van der Waals surface area contributed by atoms with E-state index in [1.165, 1.54) is 11.1 Å². The van der Waals surface area contributed by atoms with Crippen LogP contribution < -0.4 is 10.6 Å². The number of furan rings is 1. The van der Waals surface area contributed by atoms with Gasteiger partial charge in [-0.3, -0.25) is 4.79 Å². The van der Waals surface area contributed by atoms with Crippen LogP contribution in [0.15, 0.2) is 52.1 Å². The molecule has 1 amide bonds. The largest absolute Gasteiger partial charge is 0.467 e. The number of carbonyl (C=O) groups excluding carboxylic acids is 1. The Kier molecular flexibility index (Phi) is 6.30. The highest BCUT2D eigenvalue weighted by molar-refractivity contribution is 5.80. The topological polar surface area (TPSA) is 69.9 Å². The Morgan fingerprint density at radius 2 is 1.92 bits per heavy atom. The highest BCUT2D eigenvalue weighted by Gasteiger charge is 2.22. The molecule has 1 aromatic heterocycles. The number of nitrogens with one attached hydrogen (secondary N) is 2. The fraction of sp³-hybridized carbons (Fsp3) is 0.400. The number of guanidine groups is 1. The lowest BCUT2D eigenvalue weighted by Crippen LogP contribution is -2.38. The lowest BCUT2D eigenvalue weighted by Gasteiger charge is -2.16. The first-order valence-electron chi connectivity index (χ1n) is 9.15. The molecule has 0 bridgehead atoms. The second kappa shape index (κ2) is 9.08. The van der Waals surface area contributed by atoms with Crippen molar-refractivity contribution in [3.63, 3.8) is 0 Å². The Morgan fingerprint density at radius 1 is 1.15 bits per heavy atom. The van der Waals surface area contributed by atoms with Gasteiger partial charge in [-0.1, -0.05) is 24.3 Å². The smallest absolute Gasteiger partial charge is 0.223 e. The molecule has 0 saturated heterocycles. The molecule has 0 atom stereocenters. The van der Waals surface area contributed by atoms with Gasteiger partial charge in [-0.25, -0.2) is 4.99 Å². The van der Waals surface area contributed by atoms with Crippen molar-refractivity contribution in [1.82, 2.24) is 15.5 Å². The van der Waals surface area contributed by atoms with Crippen LogP contribution in [0.2, 0.25) is 0 Å². The van der Waals surface area contributed by atoms with Gasteiger partial charge in [0.05, 0.1) is 6.26 Å². The standard InChI is InChI=1S/C20H26N4O2/c1-2-21-20(23-13-18-9-6-12-26-18)22-11-5-10-19(25)24-14-16-7-3-4-8-17(16)15-24/h3-4,6-9,12H,2,5,10-11,13-15H2,1H3,(H2,21,22,23). The molecule has 6 heteroatoms. The van der Waals surface area contributed by atoms with Crippen molar-refractivity contribution in [2.24, 2.45) is 4.99 Å². The van der Waals surface area contributed by atoms with E-state index in [0.717, 1.165) is 37.8 Å². The van der Waals surface area contributed by atoms with Crippen LogP contribution in [0.25, 0.3) is 0 Å². The van der Waals surface area contributed by atoms with Gasteiger partial charge in [0.25, 0.3) is 0 Å². The predicted octanol–water partition coefficient (Wildman–Crippen LogP) is 2.66. The summed E-state index contributed by atoms with van der Waals surface area (Å²) in [6, 6.07) is 12.0. The first kappa shape index (κ1) is 18.0. The van der Waals surface area contributed by atoms with Crippen LogP contribution in [0.5, 0.6) is 0 Å². The van der Waals surface area contributed by atoms with Gasteiger partial charge in [-0.15, -0.1) is 0 Å². The van der Waals surface area contributed by atoms with Gasteiger partial charge in [0.15, 0.2) is 5.96 Å². The maximum Gasteiger partial charge on any atom is 0.223 e. The fourth-order valence-electron chi connectivity index (χ4n) is 3.02. The number of nitrogens with zero attached hydrogens (tertiary/aromatic N) is 2. The zero-order valence-electron chi connectivity index (χ0n) is 15.2. The third-order valence-electron chi connectivity index (χ3n) is 4.37. The van der Waals surface area contributed by atoms with E-state index >= 15 is 0 Å². The molecule has 0 unspecified atom stereocenters. The molecule has 0 aliphatic carbocycles. The molecule has 1 aromatic carbocycles. The molecular formula is C20H26N4O2. The van der Waals surface area contributed by atoms with Gasteiger partial charge in [0.2, 0.25) is 5.91 Å². The van der Waals surface area contributed by atoms with Crippen molar-refractivity contribution < 1.29 is 9.21 Å². The van der Waals surface area contributed by atoms with Crippen LogP contribution >= 0.6 is 0 Å². The Labute approximate surface area is 154 Å². The average molecular weight is 354 g/mol. The monoisotopic (exact) mass is 354 g/mol. The van der Waals surface area contributed by atoms with E-state index in [9.17, 15) is 4.79 Å². The van der Waals surface area contributed by atoms with E-state index in [1.807, 2.05) is 36.1 Å². The van der Waals surface area contributed by atoms with Crippen LogP contribution in [0, 0.1) is 0 Å². The van der Waals surface area contributed by atoms with Gasteiger partial charge in [0.1, 0.15) is 12.3 Å². The quantitative estimate of drug-likeness (QED) is 0.456. The molecule has 6 nitrogen and oxygen atoms in total. The number of aliphatic imine (C=N–C) groups is 1. The molecule has 3 rings (SSSR count). The summed E-state index contributed by atoms with van der Waals surface area (Å²) >= 11 is 0. The minimum Gasteiger partial charge on any atom is -0.467 e. The second-order valence-corrected chi connectivity index (χ2v) is 6.32. The Balaban J connectivity index is 1.39. The Hall–Kier alpha value is -2.76. The SMILES string of the molecule is CCNC(=NCc1ccco1)NCCCC(=O)N1Cc2ccccc2C1. The number of fused-ring (bicyclic) bond motifs is 1. The van der Waals surface area contributed by atoms with Gasteiger partial charge in [0, 0.05) is 32.6 Å². The number of hydrogen-bond donors (Lipinski definition) is 2. The Morgan fingerprint density at radius 3 is 2.58 bits per heavy atom. The third kappa shape index (κ3) is 4.88. The molecule has 2 N–H and O–H groups in total. The molecule has 0 fully saturated rings. The van der Waals surface area contributed by atoms with E-state index in [0.29, 0.717) is 19.5 Å². The number of amides is 1. The summed E-state index contributed by atoms with van der Waals surface area (Å²) in [5.41, 5.74) is 2.52. The number of carbonyl (C=O) groups is 1. The summed E-state index contributed by atoms with van der Waals surface area (Å²) < 4.78 is 5.29. The van der Waals surface area contributed by atoms with Gasteiger partial charge in [-0.2, -0.15) is 0 Å². The molecule has 138 valence electrons. The summed E-state index contributed by atoms with van der Waals surface area (Å²) in [5.74, 6) is 1.77. The van der Waals surface area contributed by atoms with Gasteiger partial charge < -0.3 is 20.0 Å². The molecular weight excluding hydrogens is 328 g/mol. The van der Waals surface area contributed by atoms with Crippen molar-refractivity contribution in [3.05, 3.63) is 59.5 Å². The summed E-state index contributed by atoms with van der Waals surface area (Å²) in [5, 5.41) is 6.47. The van der Waals surface area contributed by atoms with Crippen molar-refractivity contribution in [2.75, 3.05) is 13.1 Å². The van der Waals surface area contributed by atoms with Crippen molar-refractivity contribution in [1.29, 1.82) is 0 Å². The molecule has 1 aliphatic heterocycles. The van der Waals surface area contributed by atoms with Crippen LogP contribution in [0.3, 0.4) is 0 Å². The molecule has 0 radical (unpaired) electrons. The van der Waals surface area contributed by atoms with E-state index in [4.69, 9.17) is 4.42 Å². The summed E-state index contributed by atoms with van der Waals surface area (Å²) in [7, 11) is 0. The summed E-state index contributed by atoms with van der Waals surface area (Å²) in [4.78, 5) is 18.8. The molecule has 2 heterocycles. The van der Waals surface area contributed by atoms with Gasteiger partial charge in [-0.05, 0) is 36.6 Å². The molecule has 26 heavy (non-hydrogen) atoms. The zero-order chi connectivity index (χ0) is 18.2. The van der Waals surface area contributed by atoms with E-state index in [2.05, 4.69) is 27.8 Å². The molecule has 1 aliphatic rings. The maximum absolute atomic E-state index is 12.4. The van der Waals surface area contributed by atoms with E-state index in [1.54, 1.807) is 6.26 Å². The van der Waals surface area contributed by atoms with Crippen LogP contribution in [0.4, 0.5) is 0 Å². The highest BCUT2D eigenvalue weighted by atomic mass is 16.3. The van der Waals surface area contributed by atoms with E-state index < -0.39 is 0 Å². The molecule has 0 saturated carbocycles. The predicted molar refractivity (Wildman–Crippen MR) is 101 cm³/mol. The second-order valence-electron chi connectivity index (χ2n) is 6.32. The third-order valence-corrected chi connectivity index (χ3v) is 4.37. The van der Waals surface area contributed by atoms with Crippen LogP contribution in [-0.2, 0) is 24.4 Å². The number of benzene rings is 1. The average Bonchev–Trinajstić information content (AvgIpc) is 3.32. The zero-order valence-corrected chi connectivity index (χ0v) is 15.2. The van der Waals surface area contributed by atoms with Crippen molar-refractivity contribution in [3.8, 4) is 0 Å². The van der Waals surface area contributed by atoms with Crippen LogP contribution in [-0.4, -0.2) is 29.9 Å². The van der Waals surface area contributed by atoms with Crippen molar-refractivity contribution >= 4 is 11.9 Å². The highest BCUT2D eigenvalue weighted by Crippen LogP contribution is 2.22. The first-order chi connectivity index (χ1) is 12.8. The van der Waals surface area contributed by atoms with Gasteiger partial charge >= 0.3 is 0 Å². The maximum atomic E-state index is 12.4. The lowest BCUT2D eigenvalue weighted by atomic mass is 10.1. The number of rotatable bonds is 7. The summed E-state index contributed by atoms with van der Waals surface area (Å²) in [6.45, 7) is 5.47. The van der Waals surface area contributed by atoms with Crippen molar-refractivity contribution in [2.45, 2.75) is 39.4 Å². The fourth-order valence-corrected chi connectivity index (χ4v) is 3.02. The Bertz CT molecular complexity index is 715. The minimum absolute atomic E-state index is 0.209. The molecule has 0 spiro atoms. The number of hydrogen-bond acceptors (Lipinski definition) is 3. The normalized spacial score (nSPS) is 13.6. The lowest BCUT2D eigenvalue weighted by molar-refractivity contribution is -0.131. The summed E-state index contributed by atoms with van der Waals surface area (Å²) in [6.07, 6.45) is 2.96. The van der Waals surface area contributed by atoms with Crippen LogP contribution in [0.1, 0.15) is 36.7 Å². The molecule has 2 aromatic rings. The minimum atomic E-state index is 0.209. The first-order valence-corrected chi connectivity index (χ1v) is 9.15. The van der Waals surface area contributed by atoms with E-state index in [-0.39, 0.29) is 5.91 Å².